The number of hydrazone groups is 1. The molecule has 4 aromatic carbocycles. The van der Waals surface area contributed by atoms with E-state index in [1.165, 1.54) is 36.5 Å². The Hall–Kier alpha value is -5.16. The molecule has 1 aliphatic heterocycles. The van der Waals surface area contributed by atoms with Crippen LogP contribution >= 0.6 is 15.9 Å². The number of carbonyl (C=O) groups is 3. The molecule has 1 heterocycles. The summed E-state index contributed by atoms with van der Waals surface area (Å²) in [6.45, 7) is 0. The number of rotatable bonds is 5. The number of halogens is 1. The quantitative estimate of drug-likeness (QED) is 0.136. The van der Waals surface area contributed by atoms with Gasteiger partial charge in [-0.05, 0) is 46.5 Å². The lowest BCUT2D eigenvalue weighted by Crippen LogP contribution is -2.54. The number of aromatic hydroxyl groups is 1. The molecular formula is C32H21BrN4O6. The summed E-state index contributed by atoms with van der Waals surface area (Å²) in [5.74, 6) is -4.35. The van der Waals surface area contributed by atoms with Gasteiger partial charge in [0, 0.05) is 22.7 Å². The van der Waals surface area contributed by atoms with Gasteiger partial charge >= 0.3 is 0 Å². The molecule has 0 aromatic heterocycles. The smallest absolute Gasteiger partial charge is 0.293 e. The highest BCUT2D eigenvalue weighted by Crippen LogP contribution is 2.63. The van der Waals surface area contributed by atoms with E-state index in [4.69, 9.17) is 0 Å². The molecule has 1 saturated heterocycles. The highest BCUT2D eigenvalue weighted by Gasteiger charge is 2.68. The molecule has 1 fully saturated rings. The summed E-state index contributed by atoms with van der Waals surface area (Å²) < 4.78 is 0.583. The standard InChI is InChI=1S/C32H21BrN4O6/c33-17-13-14-25(38)20(15-17)29(39)35-34-16-32-21-9-3-1-7-18(21)26(19-8-2-4-10-22(19)32)27-28(32)31(41)36(30(27)40)23-11-5-6-12-24(23)37(42)43/h1-16,26-28,38H,(H,35,39)/b34-16+. The molecule has 11 heteroatoms. The fourth-order valence-corrected chi connectivity index (χ4v) is 7.40. The second kappa shape index (κ2) is 9.70. The van der Waals surface area contributed by atoms with E-state index in [0.717, 1.165) is 27.2 Å². The number of phenolic OH excluding ortho intramolecular Hbond substituents is 1. The second-order valence-corrected chi connectivity index (χ2v) is 11.6. The molecule has 10 nitrogen and oxygen atoms in total. The van der Waals surface area contributed by atoms with Crippen LogP contribution in [0.3, 0.4) is 0 Å². The normalized spacial score (nSPS) is 23.2. The zero-order chi connectivity index (χ0) is 30.0. The van der Waals surface area contributed by atoms with E-state index < -0.39 is 45.8 Å². The number of hydrogen-bond acceptors (Lipinski definition) is 7. The van der Waals surface area contributed by atoms with Crippen LogP contribution in [-0.4, -0.2) is 34.0 Å². The molecule has 8 rings (SSSR count). The van der Waals surface area contributed by atoms with Gasteiger partial charge in [0.2, 0.25) is 11.8 Å². The third-order valence-corrected chi connectivity index (χ3v) is 9.13. The number of amides is 3. The lowest BCUT2D eigenvalue weighted by molar-refractivity contribution is -0.384. The summed E-state index contributed by atoms with van der Waals surface area (Å²) in [6.07, 6.45) is 1.48. The number of hydrogen-bond donors (Lipinski definition) is 2. The molecule has 2 N–H and O–H groups in total. The minimum absolute atomic E-state index is 0.00950. The van der Waals surface area contributed by atoms with Crippen molar-refractivity contribution in [1.29, 1.82) is 0 Å². The Labute approximate surface area is 252 Å². The van der Waals surface area contributed by atoms with Gasteiger partial charge in [0.15, 0.2) is 0 Å². The highest BCUT2D eigenvalue weighted by molar-refractivity contribution is 9.10. The van der Waals surface area contributed by atoms with Gasteiger partial charge in [-0.3, -0.25) is 24.5 Å². The minimum Gasteiger partial charge on any atom is -0.507 e. The average molecular weight is 637 g/mol. The minimum atomic E-state index is -1.29. The lowest BCUT2D eigenvalue weighted by Gasteiger charge is -2.52. The van der Waals surface area contributed by atoms with Crippen LogP contribution in [0.4, 0.5) is 11.4 Å². The Morgan fingerprint density at radius 3 is 2.26 bits per heavy atom. The molecule has 212 valence electrons. The van der Waals surface area contributed by atoms with Gasteiger partial charge in [-0.15, -0.1) is 0 Å². The number of anilines is 1. The maximum Gasteiger partial charge on any atom is 0.293 e. The van der Waals surface area contributed by atoms with Crippen LogP contribution in [0.2, 0.25) is 0 Å². The number of para-hydroxylation sites is 2. The summed E-state index contributed by atoms with van der Waals surface area (Å²) in [6, 6.07) is 25.1. The topological polar surface area (TPSA) is 142 Å². The molecule has 3 amide bonds. The molecule has 43 heavy (non-hydrogen) atoms. The Kier molecular flexibility index (Phi) is 6.03. The van der Waals surface area contributed by atoms with Gasteiger partial charge in [-0.25, -0.2) is 10.3 Å². The molecule has 4 aliphatic rings. The molecule has 0 radical (unpaired) electrons. The van der Waals surface area contributed by atoms with Crippen molar-refractivity contribution >= 4 is 51.2 Å². The Morgan fingerprint density at radius 2 is 1.58 bits per heavy atom. The van der Waals surface area contributed by atoms with Crippen LogP contribution in [0.25, 0.3) is 0 Å². The van der Waals surface area contributed by atoms with Crippen molar-refractivity contribution in [1.82, 2.24) is 5.43 Å². The first-order chi connectivity index (χ1) is 20.8. The van der Waals surface area contributed by atoms with E-state index in [9.17, 15) is 29.6 Å². The van der Waals surface area contributed by atoms with Gasteiger partial charge in [0.1, 0.15) is 11.4 Å². The highest BCUT2D eigenvalue weighted by atomic mass is 79.9. The van der Waals surface area contributed by atoms with E-state index in [1.807, 2.05) is 48.5 Å². The summed E-state index contributed by atoms with van der Waals surface area (Å²) in [5, 5.41) is 26.5. The second-order valence-electron chi connectivity index (χ2n) is 10.6. The molecule has 3 aliphatic carbocycles. The summed E-state index contributed by atoms with van der Waals surface area (Å²) in [5.41, 5.74) is 3.94. The number of benzene rings is 4. The zero-order valence-electron chi connectivity index (χ0n) is 22.2. The van der Waals surface area contributed by atoms with Crippen LogP contribution in [0, 0.1) is 22.0 Å². The van der Waals surface area contributed by atoms with Crippen molar-refractivity contribution in [2.24, 2.45) is 16.9 Å². The maximum absolute atomic E-state index is 14.4. The predicted octanol–water partition coefficient (Wildman–Crippen LogP) is 5.03. The van der Waals surface area contributed by atoms with Crippen LogP contribution in [0.1, 0.15) is 38.5 Å². The van der Waals surface area contributed by atoms with Gasteiger partial charge in [-0.2, -0.15) is 5.10 Å². The van der Waals surface area contributed by atoms with Crippen molar-refractivity contribution in [2.75, 3.05) is 4.90 Å². The van der Waals surface area contributed by atoms with E-state index in [1.54, 1.807) is 12.1 Å². The number of nitrogens with one attached hydrogen (secondary N) is 1. The monoisotopic (exact) mass is 636 g/mol. The van der Waals surface area contributed by atoms with Crippen molar-refractivity contribution in [3.63, 3.8) is 0 Å². The first-order valence-electron chi connectivity index (χ1n) is 13.4. The van der Waals surface area contributed by atoms with Crippen LogP contribution in [0.15, 0.2) is 101 Å². The first kappa shape index (κ1) is 26.7. The van der Waals surface area contributed by atoms with Gasteiger partial charge in [0.25, 0.3) is 11.6 Å². The Morgan fingerprint density at radius 1 is 0.953 bits per heavy atom. The van der Waals surface area contributed by atoms with Crippen LogP contribution < -0.4 is 10.3 Å². The average Bonchev–Trinajstić information content (AvgIpc) is 3.28. The first-order valence-corrected chi connectivity index (χ1v) is 14.2. The Balaban J connectivity index is 1.41. The SMILES string of the molecule is O=C(N/N=C/C12c3ccccc3C(c3ccccc31)C1C(=O)N(c3ccccc3[N+](=O)[O-])C(=O)C12)c1cc(Br)ccc1O. The van der Waals surface area contributed by atoms with Gasteiger partial charge < -0.3 is 5.11 Å². The van der Waals surface area contributed by atoms with Crippen molar-refractivity contribution in [2.45, 2.75) is 11.3 Å². The van der Waals surface area contributed by atoms with Crippen molar-refractivity contribution in [3.8, 4) is 5.75 Å². The largest absolute Gasteiger partial charge is 0.507 e. The molecule has 2 atom stereocenters. The zero-order valence-corrected chi connectivity index (χ0v) is 23.8. The van der Waals surface area contributed by atoms with Crippen molar-refractivity contribution in [3.05, 3.63) is 133 Å². The fraction of sp³-hybridized carbons (Fsp3) is 0.125. The molecule has 2 unspecified atom stereocenters. The van der Waals surface area contributed by atoms with Gasteiger partial charge in [-0.1, -0.05) is 76.6 Å². The number of nitro benzene ring substituents is 1. The van der Waals surface area contributed by atoms with E-state index in [-0.39, 0.29) is 22.7 Å². The molecule has 4 aromatic rings. The maximum atomic E-state index is 14.4. The summed E-state index contributed by atoms with van der Waals surface area (Å²) in [4.78, 5) is 54.0. The number of nitrogens with zero attached hydrogens (tertiary/aromatic N) is 3. The van der Waals surface area contributed by atoms with E-state index >= 15 is 0 Å². The Bertz CT molecular complexity index is 1880. The fourth-order valence-electron chi connectivity index (χ4n) is 7.04. The van der Waals surface area contributed by atoms with E-state index in [0.29, 0.717) is 4.47 Å². The third kappa shape index (κ3) is 3.71. The molecule has 2 bridgehead atoms. The lowest BCUT2D eigenvalue weighted by atomic mass is 9.47. The van der Waals surface area contributed by atoms with Gasteiger partial charge in [0.05, 0.1) is 27.7 Å². The summed E-state index contributed by atoms with van der Waals surface area (Å²) >= 11 is 3.29. The number of imide groups is 1. The predicted molar refractivity (Wildman–Crippen MR) is 160 cm³/mol. The molecular weight excluding hydrogens is 616 g/mol. The number of nitro groups is 1. The molecule has 0 saturated carbocycles. The van der Waals surface area contributed by atoms with Crippen molar-refractivity contribution < 1.29 is 24.4 Å². The third-order valence-electron chi connectivity index (χ3n) is 8.64. The van der Waals surface area contributed by atoms with Crippen LogP contribution in [-0.2, 0) is 15.0 Å². The summed E-state index contributed by atoms with van der Waals surface area (Å²) in [7, 11) is 0. The number of carbonyl (C=O) groups excluding carboxylic acids is 3. The van der Waals surface area contributed by atoms with Crippen LogP contribution in [0.5, 0.6) is 5.75 Å². The molecule has 0 spiro atoms. The van der Waals surface area contributed by atoms with E-state index in [2.05, 4.69) is 26.5 Å². The number of phenols is 1.